The fourth-order valence-electron chi connectivity index (χ4n) is 1.40. The highest BCUT2D eigenvalue weighted by atomic mass is 16.3. The van der Waals surface area contributed by atoms with Crippen LogP contribution in [0.25, 0.3) is 23.0 Å². The quantitative estimate of drug-likeness (QED) is 0.665. The van der Waals surface area contributed by atoms with Gasteiger partial charge in [0.15, 0.2) is 11.6 Å². The van der Waals surface area contributed by atoms with E-state index in [0.717, 1.165) is 17.1 Å². The molecule has 0 aliphatic carbocycles. The van der Waals surface area contributed by atoms with E-state index in [-0.39, 0.29) is 0 Å². The summed E-state index contributed by atoms with van der Waals surface area (Å²) in [5.41, 5.74) is 1.79. The smallest absolute Gasteiger partial charge is 0.174 e. The van der Waals surface area contributed by atoms with E-state index in [9.17, 15) is 0 Å². The van der Waals surface area contributed by atoms with Crippen LogP contribution in [0.5, 0.6) is 0 Å². The molecular formula is C10H8N4O. The van der Waals surface area contributed by atoms with Gasteiger partial charge in [-0.3, -0.25) is 5.10 Å². The Morgan fingerprint density at radius 2 is 2.20 bits per heavy atom. The molecule has 0 saturated heterocycles. The molecule has 0 bridgehead atoms. The van der Waals surface area contributed by atoms with E-state index in [2.05, 4.69) is 20.2 Å². The average Bonchev–Trinajstić information content (AvgIpc) is 3.02. The zero-order valence-corrected chi connectivity index (χ0v) is 7.77. The number of H-pyrrole nitrogens is 2. The molecule has 74 valence electrons. The molecule has 3 aromatic rings. The van der Waals surface area contributed by atoms with Gasteiger partial charge in [0.2, 0.25) is 0 Å². The lowest BCUT2D eigenvalue weighted by molar-refractivity contribution is 0.578. The summed E-state index contributed by atoms with van der Waals surface area (Å²) in [4.78, 5) is 7.36. The van der Waals surface area contributed by atoms with Crippen LogP contribution in [0.15, 0.2) is 41.3 Å². The summed E-state index contributed by atoms with van der Waals surface area (Å²) >= 11 is 0. The molecule has 0 amide bonds. The lowest BCUT2D eigenvalue weighted by Gasteiger charge is -1.90. The number of aromatic amines is 2. The summed E-state index contributed by atoms with van der Waals surface area (Å²) in [6, 6.07) is 5.56. The summed E-state index contributed by atoms with van der Waals surface area (Å²) in [7, 11) is 0. The van der Waals surface area contributed by atoms with E-state index >= 15 is 0 Å². The summed E-state index contributed by atoms with van der Waals surface area (Å²) in [5.74, 6) is 1.44. The Labute approximate surface area is 85.2 Å². The van der Waals surface area contributed by atoms with E-state index in [1.807, 2.05) is 18.2 Å². The summed E-state index contributed by atoms with van der Waals surface area (Å²) in [5, 5.41) is 6.73. The van der Waals surface area contributed by atoms with E-state index in [0.29, 0.717) is 5.82 Å². The van der Waals surface area contributed by atoms with Gasteiger partial charge in [0.05, 0.1) is 23.8 Å². The maximum absolute atomic E-state index is 5.23. The van der Waals surface area contributed by atoms with Gasteiger partial charge in [-0.2, -0.15) is 5.10 Å². The van der Waals surface area contributed by atoms with Gasteiger partial charge in [0.1, 0.15) is 0 Å². The number of rotatable bonds is 2. The van der Waals surface area contributed by atoms with Crippen molar-refractivity contribution in [3.05, 3.63) is 36.9 Å². The fraction of sp³-hybridized carbons (Fsp3) is 0. The van der Waals surface area contributed by atoms with Crippen LogP contribution in [0.3, 0.4) is 0 Å². The van der Waals surface area contributed by atoms with Gasteiger partial charge in [-0.25, -0.2) is 4.98 Å². The molecule has 0 spiro atoms. The first-order valence-corrected chi connectivity index (χ1v) is 4.52. The Bertz CT molecular complexity index is 487. The van der Waals surface area contributed by atoms with Crippen molar-refractivity contribution in [1.82, 2.24) is 20.2 Å². The maximum atomic E-state index is 5.23. The summed E-state index contributed by atoms with van der Waals surface area (Å²) in [6.45, 7) is 0. The predicted octanol–water partition coefficient (Wildman–Crippen LogP) is 2.06. The van der Waals surface area contributed by atoms with Crippen LogP contribution in [-0.4, -0.2) is 20.2 Å². The lowest BCUT2D eigenvalue weighted by atomic mass is 10.3. The molecule has 2 N–H and O–H groups in total. The predicted molar refractivity (Wildman–Crippen MR) is 53.9 cm³/mol. The minimum atomic E-state index is 0.713. The molecule has 0 atom stereocenters. The van der Waals surface area contributed by atoms with E-state index < -0.39 is 0 Å². The number of nitrogens with zero attached hydrogens (tertiary/aromatic N) is 2. The molecule has 0 aliphatic heterocycles. The minimum Gasteiger partial charge on any atom is -0.461 e. The number of aromatic nitrogens is 4. The number of furan rings is 1. The molecule has 3 heterocycles. The highest BCUT2D eigenvalue weighted by Gasteiger charge is 2.07. The van der Waals surface area contributed by atoms with Gasteiger partial charge in [0.25, 0.3) is 0 Å². The fourth-order valence-corrected chi connectivity index (χ4v) is 1.40. The van der Waals surface area contributed by atoms with E-state index in [1.165, 1.54) is 0 Å². The Balaban J connectivity index is 2.02. The molecule has 5 nitrogen and oxygen atoms in total. The van der Waals surface area contributed by atoms with Gasteiger partial charge in [-0.1, -0.05) is 0 Å². The monoisotopic (exact) mass is 200 g/mol. The normalized spacial score (nSPS) is 10.7. The first-order chi connectivity index (χ1) is 7.43. The van der Waals surface area contributed by atoms with Crippen LogP contribution < -0.4 is 0 Å². The number of nitrogens with one attached hydrogen (secondary N) is 2. The minimum absolute atomic E-state index is 0.713. The highest BCUT2D eigenvalue weighted by molar-refractivity contribution is 5.58. The Morgan fingerprint density at radius 3 is 2.93 bits per heavy atom. The van der Waals surface area contributed by atoms with Gasteiger partial charge >= 0.3 is 0 Å². The second-order valence-electron chi connectivity index (χ2n) is 3.09. The van der Waals surface area contributed by atoms with Crippen LogP contribution in [0.1, 0.15) is 0 Å². The maximum Gasteiger partial charge on any atom is 0.174 e. The van der Waals surface area contributed by atoms with Crippen molar-refractivity contribution in [2.75, 3.05) is 0 Å². The number of imidazole rings is 1. The molecule has 0 unspecified atom stereocenters. The zero-order valence-electron chi connectivity index (χ0n) is 7.77. The topological polar surface area (TPSA) is 70.5 Å². The van der Waals surface area contributed by atoms with Crippen LogP contribution in [0, 0.1) is 0 Å². The van der Waals surface area contributed by atoms with Crippen LogP contribution in [-0.2, 0) is 0 Å². The molecule has 3 rings (SSSR count). The van der Waals surface area contributed by atoms with Gasteiger partial charge in [-0.05, 0) is 18.2 Å². The van der Waals surface area contributed by atoms with Crippen molar-refractivity contribution >= 4 is 0 Å². The molecule has 0 aliphatic rings. The molecule has 0 fully saturated rings. The molecule has 0 aromatic carbocycles. The zero-order chi connectivity index (χ0) is 10.1. The van der Waals surface area contributed by atoms with Crippen LogP contribution >= 0.6 is 0 Å². The number of hydrogen-bond donors (Lipinski definition) is 2. The third-order valence-electron chi connectivity index (χ3n) is 2.12. The molecule has 3 aromatic heterocycles. The molecule has 5 heteroatoms. The first-order valence-electron chi connectivity index (χ1n) is 4.52. The van der Waals surface area contributed by atoms with Crippen molar-refractivity contribution < 1.29 is 4.42 Å². The Morgan fingerprint density at radius 1 is 1.20 bits per heavy atom. The molecule has 15 heavy (non-hydrogen) atoms. The summed E-state index contributed by atoms with van der Waals surface area (Å²) < 4.78 is 5.23. The Hall–Kier alpha value is -2.30. The third-order valence-corrected chi connectivity index (χ3v) is 2.12. The number of hydrogen-bond acceptors (Lipinski definition) is 3. The standard InChI is InChI=1S/C10H8N4O/c1-2-9(15-5-1)10-11-6-8(13-10)7-3-4-12-14-7/h1-6H,(H,11,13)(H,12,14). The van der Waals surface area contributed by atoms with Gasteiger partial charge < -0.3 is 9.40 Å². The van der Waals surface area contributed by atoms with Gasteiger partial charge in [0, 0.05) is 6.20 Å². The van der Waals surface area contributed by atoms with Crippen molar-refractivity contribution in [2.45, 2.75) is 0 Å². The van der Waals surface area contributed by atoms with E-state index in [1.54, 1.807) is 18.7 Å². The lowest BCUT2D eigenvalue weighted by Crippen LogP contribution is -1.78. The van der Waals surface area contributed by atoms with Gasteiger partial charge in [-0.15, -0.1) is 0 Å². The molecule has 0 radical (unpaired) electrons. The van der Waals surface area contributed by atoms with Crippen molar-refractivity contribution in [2.24, 2.45) is 0 Å². The largest absolute Gasteiger partial charge is 0.461 e. The van der Waals surface area contributed by atoms with E-state index in [4.69, 9.17) is 4.42 Å². The average molecular weight is 200 g/mol. The SMILES string of the molecule is c1coc(-c2ncc(-c3ccn[nH]3)[nH]2)c1. The van der Waals surface area contributed by atoms with Crippen molar-refractivity contribution in [3.8, 4) is 23.0 Å². The second-order valence-corrected chi connectivity index (χ2v) is 3.09. The molecular weight excluding hydrogens is 192 g/mol. The van der Waals surface area contributed by atoms with Crippen molar-refractivity contribution in [1.29, 1.82) is 0 Å². The highest BCUT2D eigenvalue weighted by Crippen LogP contribution is 2.20. The second kappa shape index (κ2) is 3.13. The van der Waals surface area contributed by atoms with Crippen LogP contribution in [0.4, 0.5) is 0 Å². The first kappa shape index (κ1) is 8.05. The summed E-state index contributed by atoms with van der Waals surface area (Å²) in [6.07, 6.45) is 5.06. The Kier molecular flexibility index (Phi) is 1.68. The third kappa shape index (κ3) is 1.34. The van der Waals surface area contributed by atoms with Crippen LogP contribution in [0.2, 0.25) is 0 Å². The van der Waals surface area contributed by atoms with Crippen molar-refractivity contribution in [3.63, 3.8) is 0 Å². The molecule has 0 saturated carbocycles.